The Morgan fingerprint density at radius 2 is 2.14 bits per heavy atom. The number of rotatable bonds is 5. The van der Waals surface area contributed by atoms with Gasteiger partial charge in [0.05, 0.1) is 23.8 Å². The summed E-state index contributed by atoms with van der Waals surface area (Å²) >= 11 is 3.25. The molecule has 6 nitrogen and oxygen atoms in total. The van der Waals surface area contributed by atoms with Gasteiger partial charge in [-0.05, 0) is 25.5 Å². The fourth-order valence-corrected chi connectivity index (χ4v) is 3.99. The fraction of sp³-hybridized carbons (Fsp3) is 0.615. The molecule has 1 aliphatic heterocycles. The van der Waals surface area contributed by atoms with Crippen LogP contribution in [0.4, 0.5) is 5.13 Å². The highest BCUT2D eigenvalue weighted by molar-refractivity contribution is 7.15. The van der Waals surface area contributed by atoms with E-state index in [4.69, 9.17) is 4.74 Å². The first-order chi connectivity index (χ1) is 10.2. The number of aromatic nitrogens is 3. The summed E-state index contributed by atoms with van der Waals surface area (Å²) < 4.78 is 9.36. The van der Waals surface area contributed by atoms with Crippen LogP contribution in [-0.2, 0) is 17.8 Å². The molecular formula is C13H19N5OS2. The van der Waals surface area contributed by atoms with Crippen molar-refractivity contribution in [3.8, 4) is 0 Å². The first kappa shape index (κ1) is 14.8. The van der Waals surface area contributed by atoms with Crippen LogP contribution < -0.4 is 4.90 Å². The third-order valence-electron chi connectivity index (χ3n) is 3.41. The lowest BCUT2D eigenvalue weighted by Gasteiger charge is -2.26. The van der Waals surface area contributed by atoms with Crippen molar-refractivity contribution in [3.05, 3.63) is 21.6 Å². The van der Waals surface area contributed by atoms with Gasteiger partial charge in [0.1, 0.15) is 0 Å². The Morgan fingerprint density at radius 3 is 2.86 bits per heavy atom. The molecule has 0 saturated carbocycles. The summed E-state index contributed by atoms with van der Waals surface area (Å²) in [5, 5.41) is 5.16. The molecule has 3 rings (SSSR count). The van der Waals surface area contributed by atoms with E-state index >= 15 is 0 Å². The molecule has 1 aliphatic rings. The molecule has 0 spiro atoms. The molecule has 8 heteroatoms. The minimum atomic E-state index is 0.798. The first-order valence-electron chi connectivity index (χ1n) is 6.96. The van der Waals surface area contributed by atoms with Crippen molar-refractivity contribution < 1.29 is 4.74 Å². The molecule has 0 aromatic carbocycles. The molecule has 0 N–H and O–H groups in total. The van der Waals surface area contributed by atoms with Crippen molar-refractivity contribution in [1.82, 2.24) is 19.5 Å². The molecule has 0 radical (unpaired) electrons. The molecule has 0 amide bonds. The number of nitrogens with zero attached hydrogens (tertiary/aromatic N) is 5. The van der Waals surface area contributed by atoms with Gasteiger partial charge in [-0.25, -0.2) is 4.98 Å². The average Bonchev–Trinajstić information content (AvgIpc) is 3.10. The summed E-state index contributed by atoms with van der Waals surface area (Å²) in [6.07, 6.45) is 1.99. The standard InChI is InChI=1S/C13H19N5OS2/c1-10-12(21-16-15-10)9-17(2)8-11-7-14-13(20-11)18-3-5-19-6-4-18/h7H,3-6,8-9H2,1-2H3. The van der Waals surface area contributed by atoms with Gasteiger partial charge < -0.3 is 9.64 Å². The minimum Gasteiger partial charge on any atom is -0.378 e. The van der Waals surface area contributed by atoms with E-state index in [0.29, 0.717) is 0 Å². The smallest absolute Gasteiger partial charge is 0.185 e. The van der Waals surface area contributed by atoms with E-state index in [1.807, 2.05) is 13.1 Å². The maximum absolute atomic E-state index is 5.38. The molecule has 2 aromatic heterocycles. The second-order valence-electron chi connectivity index (χ2n) is 5.16. The Labute approximate surface area is 132 Å². The van der Waals surface area contributed by atoms with Crippen LogP contribution in [0.5, 0.6) is 0 Å². The maximum atomic E-state index is 5.38. The molecule has 21 heavy (non-hydrogen) atoms. The number of thiazole rings is 1. The van der Waals surface area contributed by atoms with Gasteiger partial charge in [0, 0.05) is 37.3 Å². The van der Waals surface area contributed by atoms with E-state index in [1.54, 1.807) is 11.3 Å². The van der Waals surface area contributed by atoms with Gasteiger partial charge in [0.25, 0.3) is 0 Å². The minimum absolute atomic E-state index is 0.798. The summed E-state index contributed by atoms with van der Waals surface area (Å²) in [6, 6.07) is 0. The largest absolute Gasteiger partial charge is 0.378 e. The van der Waals surface area contributed by atoms with Crippen LogP contribution >= 0.6 is 22.9 Å². The van der Waals surface area contributed by atoms with Gasteiger partial charge in [0.15, 0.2) is 5.13 Å². The normalized spacial score (nSPS) is 15.9. The van der Waals surface area contributed by atoms with Crippen molar-refractivity contribution in [2.75, 3.05) is 38.3 Å². The lowest BCUT2D eigenvalue weighted by molar-refractivity contribution is 0.122. The van der Waals surface area contributed by atoms with Crippen LogP contribution in [-0.4, -0.2) is 52.8 Å². The molecule has 0 aliphatic carbocycles. The average molecular weight is 325 g/mol. The Bertz CT molecular complexity index is 579. The van der Waals surface area contributed by atoms with Gasteiger partial charge in [-0.3, -0.25) is 4.90 Å². The molecule has 114 valence electrons. The second-order valence-corrected chi connectivity index (χ2v) is 7.09. The Morgan fingerprint density at radius 1 is 1.33 bits per heavy atom. The Balaban J connectivity index is 1.57. The van der Waals surface area contributed by atoms with Crippen LogP contribution in [0.15, 0.2) is 6.20 Å². The number of hydrogen-bond acceptors (Lipinski definition) is 8. The second kappa shape index (κ2) is 6.78. The predicted molar refractivity (Wildman–Crippen MR) is 85.0 cm³/mol. The zero-order valence-corrected chi connectivity index (χ0v) is 13.9. The summed E-state index contributed by atoms with van der Waals surface area (Å²) in [6.45, 7) is 7.27. The predicted octanol–water partition coefficient (Wildman–Crippen LogP) is 1.77. The molecular weight excluding hydrogens is 306 g/mol. The van der Waals surface area contributed by atoms with Gasteiger partial charge in [0.2, 0.25) is 0 Å². The molecule has 1 saturated heterocycles. The lowest BCUT2D eigenvalue weighted by Crippen LogP contribution is -2.36. The zero-order valence-electron chi connectivity index (χ0n) is 12.3. The molecule has 3 heterocycles. The van der Waals surface area contributed by atoms with E-state index < -0.39 is 0 Å². The van der Waals surface area contributed by atoms with E-state index in [1.165, 1.54) is 21.3 Å². The maximum Gasteiger partial charge on any atom is 0.185 e. The summed E-state index contributed by atoms with van der Waals surface area (Å²) in [5.74, 6) is 0. The summed E-state index contributed by atoms with van der Waals surface area (Å²) in [4.78, 5) is 11.6. The number of ether oxygens (including phenoxy) is 1. The number of hydrogen-bond donors (Lipinski definition) is 0. The quantitative estimate of drug-likeness (QED) is 0.835. The van der Waals surface area contributed by atoms with Crippen LogP contribution in [0.2, 0.25) is 0 Å². The number of anilines is 1. The Kier molecular flexibility index (Phi) is 4.79. The van der Waals surface area contributed by atoms with Crippen molar-refractivity contribution in [2.45, 2.75) is 20.0 Å². The van der Waals surface area contributed by atoms with E-state index in [0.717, 1.165) is 50.2 Å². The van der Waals surface area contributed by atoms with Crippen LogP contribution in [0.25, 0.3) is 0 Å². The van der Waals surface area contributed by atoms with E-state index in [-0.39, 0.29) is 0 Å². The molecule has 0 bridgehead atoms. The highest BCUT2D eigenvalue weighted by Crippen LogP contribution is 2.24. The lowest BCUT2D eigenvalue weighted by atomic mass is 10.3. The fourth-order valence-electron chi connectivity index (χ4n) is 2.23. The highest BCUT2D eigenvalue weighted by atomic mass is 32.1. The van der Waals surface area contributed by atoms with Gasteiger partial charge >= 0.3 is 0 Å². The summed E-state index contributed by atoms with van der Waals surface area (Å²) in [7, 11) is 2.12. The third kappa shape index (κ3) is 3.76. The Hall–Kier alpha value is -1.09. The number of morpholine rings is 1. The zero-order chi connectivity index (χ0) is 14.7. The van der Waals surface area contributed by atoms with Gasteiger partial charge in [-0.2, -0.15) is 0 Å². The molecule has 1 fully saturated rings. The van der Waals surface area contributed by atoms with Crippen LogP contribution in [0, 0.1) is 6.92 Å². The van der Waals surface area contributed by atoms with Crippen molar-refractivity contribution in [3.63, 3.8) is 0 Å². The van der Waals surface area contributed by atoms with Crippen molar-refractivity contribution in [1.29, 1.82) is 0 Å². The van der Waals surface area contributed by atoms with Crippen LogP contribution in [0.1, 0.15) is 15.4 Å². The monoisotopic (exact) mass is 325 g/mol. The van der Waals surface area contributed by atoms with Crippen LogP contribution in [0.3, 0.4) is 0 Å². The van der Waals surface area contributed by atoms with Gasteiger partial charge in [-0.15, -0.1) is 16.4 Å². The highest BCUT2D eigenvalue weighted by Gasteiger charge is 2.15. The van der Waals surface area contributed by atoms with Crippen molar-refractivity contribution in [2.24, 2.45) is 0 Å². The SMILES string of the molecule is Cc1nnsc1CN(C)Cc1cnc(N2CCOCC2)s1. The topological polar surface area (TPSA) is 54.4 Å². The van der Waals surface area contributed by atoms with E-state index in [2.05, 4.69) is 31.4 Å². The molecule has 2 aromatic rings. The van der Waals surface area contributed by atoms with E-state index in [9.17, 15) is 0 Å². The number of aryl methyl sites for hydroxylation is 1. The first-order valence-corrected chi connectivity index (χ1v) is 8.55. The van der Waals surface area contributed by atoms with Gasteiger partial charge in [-0.1, -0.05) is 4.49 Å². The molecule has 0 unspecified atom stereocenters. The summed E-state index contributed by atoms with van der Waals surface area (Å²) in [5.41, 5.74) is 1.03. The third-order valence-corrected chi connectivity index (χ3v) is 5.26. The molecule has 0 atom stereocenters. The van der Waals surface area contributed by atoms with Crippen molar-refractivity contribution >= 4 is 28.0 Å².